The van der Waals surface area contributed by atoms with E-state index in [2.05, 4.69) is 0 Å². The van der Waals surface area contributed by atoms with Gasteiger partial charge in [-0.3, -0.25) is 14.9 Å². The van der Waals surface area contributed by atoms with Gasteiger partial charge in [0.05, 0.1) is 10.5 Å². The summed E-state index contributed by atoms with van der Waals surface area (Å²) >= 11 is 5.36. The van der Waals surface area contributed by atoms with Crippen molar-refractivity contribution in [1.82, 2.24) is 0 Å². The maximum atomic E-state index is 11.1. The van der Waals surface area contributed by atoms with Gasteiger partial charge in [0.15, 0.2) is 0 Å². The molecule has 0 unspecified atom stereocenters. The molecule has 1 rings (SSSR count). The number of hydrogen-bond donors (Lipinski definition) is 0. The molecule has 0 bridgehead atoms. The summed E-state index contributed by atoms with van der Waals surface area (Å²) in [6.45, 7) is 3.63. The Morgan fingerprint density at radius 3 is 2.65 bits per heavy atom. The van der Waals surface area contributed by atoms with Gasteiger partial charge in [-0.15, -0.1) is 0 Å². The highest BCUT2D eigenvalue weighted by Gasteiger charge is 2.17. The molecule has 4 nitrogen and oxygen atoms in total. The number of allylic oxidation sites excluding steroid dienone is 1. The molecule has 17 heavy (non-hydrogen) atoms. The van der Waals surface area contributed by atoms with Crippen molar-refractivity contribution >= 4 is 28.6 Å². The number of nitro groups is 1. The number of carbonyl (C=O) groups is 1. The lowest BCUT2D eigenvalue weighted by Crippen LogP contribution is -1.99. The number of benzene rings is 1. The largest absolute Gasteiger partial charge is 0.277 e. The van der Waals surface area contributed by atoms with Crippen LogP contribution in [0.1, 0.15) is 34.8 Å². The summed E-state index contributed by atoms with van der Waals surface area (Å²) < 4.78 is 0. The predicted octanol–water partition coefficient (Wildman–Crippen LogP) is 3.71. The number of rotatable bonds is 4. The Morgan fingerprint density at radius 1 is 1.53 bits per heavy atom. The lowest BCUT2D eigenvalue weighted by molar-refractivity contribution is -0.385. The summed E-state index contributed by atoms with van der Waals surface area (Å²) in [5.74, 6) is 0. The minimum atomic E-state index is -0.684. The first-order valence-electron chi connectivity index (χ1n) is 5.12. The second-order valence-electron chi connectivity index (χ2n) is 3.57. The van der Waals surface area contributed by atoms with Crippen LogP contribution in [0.2, 0.25) is 0 Å². The summed E-state index contributed by atoms with van der Waals surface area (Å²) in [7, 11) is 0. The zero-order valence-corrected chi connectivity index (χ0v) is 10.3. The Bertz CT molecular complexity index is 495. The van der Waals surface area contributed by atoms with Crippen LogP contribution in [0, 0.1) is 17.0 Å². The minimum Gasteiger partial charge on any atom is -0.276 e. The van der Waals surface area contributed by atoms with E-state index in [4.69, 9.17) is 11.6 Å². The van der Waals surface area contributed by atoms with Gasteiger partial charge in [0.1, 0.15) is 0 Å². The van der Waals surface area contributed by atoms with Crippen molar-refractivity contribution in [3.05, 3.63) is 45.0 Å². The molecule has 0 amide bonds. The van der Waals surface area contributed by atoms with Crippen molar-refractivity contribution in [1.29, 1.82) is 0 Å². The number of aryl methyl sites for hydroxylation is 1. The Morgan fingerprint density at radius 2 is 2.18 bits per heavy atom. The smallest absolute Gasteiger partial charge is 0.276 e. The van der Waals surface area contributed by atoms with Gasteiger partial charge >= 0.3 is 0 Å². The minimum absolute atomic E-state index is 0.107. The fourth-order valence-electron chi connectivity index (χ4n) is 1.47. The maximum Gasteiger partial charge on any atom is 0.277 e. The van der Waals surface area contributed by atoms with Gasteiger partial charge in [0, 0.05) is 11.6 Å². The monoisotopic (exact) mass is 253 g/mol. The molecule has 5 heteroatoms. The average molecular weight is 254 g/mol. The number of nitro benzene ring substituents is 1. The van der Waals surface area contributed by atoms with Crippen LogP contribution in [-0.2, 0) is 0 Å². The van der Waals surface area contributed by atoms with Gasteiger partial charge in [-0.2, -0.15) is 0 Å². The van der Waals surface area contributed by atoms with E-state index < -0.39 is 10.2 Å². The van der Waals surface area contributed by atoms with Crippen LogP contribution in [0.3, 0.4) is 0 Å². The van der Waals surface area contributed by atoms with Crippen molar-refractivity contribution in [2.24, 2.45) is 0 Å². The summed E-state index contributed by atoms with van der Waals surface area (Å²) in [6.07, 6.45) is 4.28. The lowest BCUT2D eigenvalue weighted by Gasteiger charge is -2.04. The summed E-state index contributed by atoms with van der Waals surface area (Å²) in [6, 6.07) is 2.82. The van der Waals surface area contributed by atoms with Crippen LogP contribution in [0.25, 0.3) is 6.08 Å². The van der Waals surface area contributed by atoms with Gasteiger partial charge in [-0.05, 0) is 36.6 Å². The molecule has 0 atom stereocenters. The van der Waals surface area contributed by atoms with Gasteiger partial charge in [0.2, 0.25) is 0 Å². The quantitative estimate of drug-likeness (QED) is 0.467. The van der Waals surface area contributed by atoms with E-state index in [1.165, 1.54) is 6.07 Å². The van der Waals surface area contributed by atoms with Crippen LogP contribution >= 0.6 is 11.6 Å². The third kappa shape index (κ3) is 3.14. The second-order valence-corrected chi connectivity index (χ2v) is 3.91. The molecule has 0 spiro atoms. The van der Waals surface area contributed by atoms with Crippen LogP contribution in [0.4, 0.5) is 5.69 Å². The van der Waals surface area contributed by atoms with Crippen LogP contribution in [0.5, 0.6) is 0 Å². The Labute approximate surface area is 104 Å². The van der Waals surface area contributed by atoms with E-state index in [0.717, 1.165) is 6.42 Å². The van der Waals surface area contributed by atoms with Gasteiger partial charge in [-0.1, -0.05) is 19.1 Å². The molecule has 1 aromatic rings. The highest BCUT2D eigenvalue weighted by molar-refractivity contribution is 6.68. The molecular formula is C12H12ClNO3. The summed E-state index contributed by atoms with van der Waals surface area (Å²) in [5, 5.41) is 10.2. The van der Waals surface area contributed by atoms with E-state index >= 15 is 0 Å². The first-order valence-corrected chi connectivity index (χ1v) is 5.50. The zero-order chi connectivity index (χ0) is 13.0. The predicted molar refractivity (Wildman–Crippen MR) is 67.3 cm³/mol. The van der Waals surface area contributed by atoms with Crippen LogP contribution in [-0.4, -0.2) is 10.2 Å². The number of carbonyl (C=O) groups excluding carboxylic acids is 1. The molecule has 0 N–H and O–H groups in total. The third-order valence-corrected chi connectivity index (χ3v) is 2.52. The van der Waals surface area contributed by atoms with Crippen molar-refractivity contribution in [2.75, 3.05) is 0 Å². The van der Waals surface area contributed by atoms with Gasteiger partial charge in [-0.25, -0.2) is 0 Å². The van der Waals surface area contributed by atoms with Crippen LogP contribution in [0.15, 0.2) is 18.2 Å². The Hall–Kier alpha value is -1.68. The molecule has 1 aromatic carbocycles. The first kappa shape index (κ1) is 13.4. The molecule has 0 saturated carbocycles. The fourth-order valence-corrected chi connectivity index (χ4v) is 1.67. The molecule has 0 aliphatic carbocycles. The topological polar surface area (TPSA) is 60.2 Å². The molecule has 0 radical (unpaired) electrons. The van der Waals surface area contributed by atoms with Gasteiger partial charge in [0.25, 0.3) is 10.9 Å². The highest BCUT2D eigenvalue weighted by atomic mass is 35.5. The van der Waals surface area contributed by atoms with E-state index in [1.807, 2.05) is 13.0 Å². The standard InChI is InChI=1S/C12H12ClNO3/c1-3-4-5-9-6-8(2)10(12(13)15)7-11(9)14(16)17/h4-7H,3H2,1-2H3/b5-4+. The SMILES string of the molecule is CC/C=C/c1cc(C)c(C(=O)Cl)cc1[N+](=O)[O-]. The van der Waals surface area contributed by atoms with Crippen molar-refractivity contribution in [3.8, 4) is 0 Å². The lowest BCUT2D eigenvalue weighted by atomic mass is 10.0. The summed E-state index contributed by atoms with van der Waals surface area (Å²) in [4.78, 5) is 21.5. The molecule has 0 aliphatic rings. The molecule has 0 saturated heterocycles. The highest BCUT2D eigenvalue weighted by Crippen LogP contribution is 2.25. The summed E-state index contributed by atoms with van der Waals surface area (Å²) in [5.41, 5.74) is 1.18. The van der Waals surface area contributed by atoms with E-state index in [9.17, 15) is 14.9 Å². The second kappa shape index (κ2) is 5.59. The zero-order valence-electron chi connectivity index (χ0n) is 9.57. The maximum absolute atomic E-state index is 11.1. The molecule has 0 aliphatic heterocycles. The number of halogens is 1. The molecule has 0 fully saturated rings. The molecule has 0 aromatic heterocycles. The van der Waals surface area contributed by atoms with E-state index in [-0.39, 0.29) is 11.3 Å². The number of nitrogens with zero attached hydrogens (tertiary/aromatic N) is 1. The first-order chi connectivity index (χ1) is 7.97. The van der Waals surface area contributed by atoms with Crippen molar-refractivity contribution < 1.29 is 9.72 Å². The average Bonchev–Trinajstić information content (AvgIpc) is 2.25. The Kier molecular flexibility index (Phi) is 4.40. The van der Waals surface area contributed by atoms with Gasteiger partial charge < -0.3 is 0 Å². The molecular weight excluding hydrogens is 242 g/mol. The van der Waals surface area contributed by atoms with Crippen LogP contribution < -0.4 is 0 Å². The fraction of sp³-hybridized carbons (Fsp3) is 0.250. The van der Waals surface area contributed by atoms with E-state index in [1.54, 1.807) is 19.1 Å². The number of hydrogen-bond acceptors (Lipinski definition) is 3. The van der Waals surface area contributed by atoms with E-state index in [0.29, 0.717) is 11.1 Å². The third-order valence-electron chi connectivity index (χ3n) is 2.32. The normalized spacial score (nSPS) is 10.8. The van der Waals surface area contributed by atoms with Crippen molar-refractivity contribution in [2.45, 2.75) is 20.3 Å². The molecule has 90 valence electrons. The van der Waals surface area contributed by atoms with Crippen molar-refractivity contribution in [3.63, 3.8) is 0 Å². The molecule has 0 heterocycles. The Balaban J connectivity index is 3.41.